The molecule has 14 heavy (non-hydrogen) atoms. The lowest BCUT2D eigenvalue weighted by molar-refractivity contribution is -0.141. The topological polar surface area (TPSA) is 66.8 Å². The molecule has 0 aliphatic carbocycles. The van der Waals surface area contributed by atoms with E-state index in [1.807, 2.05) is 0 Å². The van der Waals surface area contributed by atoms with E-state index in [1.54, 1.807) is 0 Å². The molecule has 0 aliphatic rings. The Balaban J connectivity index is 4.87. The molecule has 0 radical (unpaired) electrons. The van der Waals surface area contributed by atoms with Gasteiger partial charge in [-0.25, -0.2) is 17.9 Å². The minimum atomic E-state index is -5.18. The highest BCUT2D eigenvalue weighted by molar-refractivity contribution is 9.10. The van der Waals surface area contributed by atoms with Crippen LogP contribution in [0.15, 0.2) is 0 Å². The summed E-state index contributed by atoms with van der Waals surface area (Å²) in [4.78, 5) is 16.5. The fraction of sp³-hybridized carbons (Fsp3) is 1.00. The van der Waals surface area contributed by atoms with Crippen molar-refractivity contribution < 1.29 is 32.0 Å². The zero-order chi connectivity index (χ0) is 11.8. The molecule has 0 bridgehead atoms. The maximum absolute atomic E-state index is 13.3. The van der Waals surface area contributed by atoms with Gasteiger partial charge < -0.3 is 9.79 Å². The van der Waals surface area contributed by atoms with Gasteiger partial charge in [-0.15, -0.1) is 0 Å². The third-order valence-electron chi connectivity index (χ3n) is 1.53. The standard InChI is InChI=1S/C5H9BrF3O4P/c1-4(2,3(7)8)5(6,9)13-14(10,11)12/h3H,1-2H3,(H2,10,11,12). The van der Waals surface area contributed by atoms with Crippen LogP contribution in [0.1, 0.15) is 13.8 Å². The predicted molar refractivity (Wildman–Crippen MR) is 45.7 cm³/mol. The second-order valence-corrected chi connectivity index (χ2v) is 5.30. The average Bonchev–Trinajstić information content (AvgIpc) is 1.80. The number of rotatable bonds is 4. The molecule has 0 aromatic heterocycles. The maximum Gasteiger partial charge on any atom is 0.473 e. The lowest BCUT2D eigenvalue weighted by Gasteiger charge is -2.34. The fourth-order valence-electron chi connectivity index (χ4n) is 0.394. The smallest absolute Gasteiger partial charge is 0.303 e. The minimum absolute atomic E-state index is 0.766. The average molecular weight is 301 g/mol. The molecule has 4 nitrogen and oxygen atoms in total. The highest BCUT2D eigenvalue weighted by Crippen LogP contribution is 2.53. The zero-order valence-electron chi connectivity index (χ0n) is 7.25. The highest BCUT2D eigenvalue weighted by atomic mass is 79.9. The van der Waals surface area contributed by atoms with Gasteiger partial charge in [0.25, 0.3) is 4.76 Å². The second kappa shape index (κ2) is 4.09. The molecule has 1 unspecified atom stereocenters. The van der Waals surface area contributed by atoms with E-state index in [9.17, 15) is 17.7 Å². The van der Waals surface area contributed by atoms with Crippen LogP contribution in [0, 0.1) is 5.41 Å². The molecule has 1 atom stereocenters. The first-order valence-corrected chi connectivity index (χ1v) is 5.65. The van der Waals surface area contributed by atoms with Gasteiger partial charge in [-0.3, -0.25) is 0 Å². The molecule has 0 spiro atoms. The van der Waals surface area contributed by atoms with Crippen molar-refractivity contribution in [2.24, 2.45) is 5.41 Å². The van der Waals surface area contributed by atoms with Crippen LogP contribution in [0.5, 0.6) is 0 Å². The van der Waals surface area contributed by atoms with Crippen LogP contribution in [0.25, 0.3) is 0 Å². The summed E-state index contributed by atoms with van der Waals surface area (Å²) in [6.07, 6.45) is -3.15. The molecule has 0 amide bonds. The van der Waals surface area contributed by atoms with Gasteiger partial charge in [0.05, 0.1) is 5.41 Å². The van der Waals surface area contributed by atoms with Crippen LogP contribution >= 0.6 is 23.8 Å². The van der Waals surface area contributed by atoms with Crippen molar-refractivity contribution in [3.8, 4) is 0 Å². The highest BCUT2D eigenvalue weighted by Gasteiger charge is 2.54. The Labute approximate surface area is 86.8 Å². The molecule has 0 fully saturated rings. The summed E-state index contributed by atoms with van der Waals surface area (Å²) >= 11 is 2.08. The molecule has 86 valence electrons. The molecule has 0 aliphatic heterocycles. The lowest BCUT2D eigenvalue weighted by atomic mass is 9.94. The van der Waals surface area contributed by atoms with Gasteiger partial charge in [0, 0.05) is 0 Å². The normalized spacial score (nSPS) is 18.4. The molecule has 0 aromatic rings. The fourth-order valence-corrected chi connectivity index (χ4v) is 1.67. The van der Waals surface area contributed by atoms with Crippen LogP contribution in [0.3, 0.4) is 0 Å². The van der Waals surface area contributed by atoms with Crippen LogP contribution in [0.2, 0.25) is 0 Å². The van der Waals surface area contributed by atoms with E-state index >= 15 is 0 Å². The monoisotopic (exact) mass is 300 g/mol. The number of phosphoric acid groups is 1. The zero-order valence-corrected chi connectivity index (χ0v) is 9.73. The Bertz CT molecular complexity index is 251. The quantitative estimate of drug-likeness (QED) is 0.618. The van der Waals surface area contributed by atoms with Gasteiger partial charge in [0.1, 0.15) is 0 Å². The largest absolute Gasteiger partial charge is 0.473 e. The lowest BCUT2D eigenvalue weighted by Crippen LogP contribution is -2.42. The Morgan fingerprint density at radius 3 is 2.00 bits per heavy atom. The Hall–Kier alpha value is 0.380. The summed E-state index contributed by atoms with van der Waals surface area (Å²) in [6, 6.07) is 0. The van der Waals surface area contributed by atoms with Crippen molar-refractivity contribution in [2.45, 2.75) is 25.0 Å². The van der Waals surface area contributed by atoms with Crippen molar-refractivity contribution >= 4 is 23.8 Å². The molecular formula is C5H9BrF3O4P. The van der Waals surface area contributed by atoms with Crippen LogP contribution < -0.4 is 0 Å². The van der Waals surface area contributed by atoms with E-state index in [-0.39, 0.29) is 0 Å². The van der Waals surface area contributed by atoms with Crippen LogP contribution in [0.4, 0.5) is 13.2 Å². The number of halogens is 4. The van der Waals surface area contributed by atoms with Gasteiger partial charge in [0.2, 0.25) is 6.43 Å². The third-order valence-corrected chi connectivity index (χ3v) is 3.45. The molecule has 0 saturated carbocycles. The van der Waals surface area contributed by atoms with Crippen molar-refractivity contribution in [1.29, 1.82) is 0 Å². The van der Waals surface area contributed by atoms with Crippen molar-refractivity contribution in [2.75, 3.05) is 0 Å². The molecule has 0 rings (SSSR count). The minimum Gasteiger partial charge on any atom is -0.303 e. The second-order valence-electron chi connectivity index (χ2n) is 3.12. The van der Waals surface area contributed by atoms with Gasteiger partial charge in [-0.1, -0.05) is 0 Å². The van der Waals surface area contributed by atoms with Gasteiger partial charge in [-0.05, 0) is 29.8 Å². The summed E-state index contributed by atoms with van der Waals surface area (Å²) in [5, 5.41) is 0. The van der Waals surface area contributed by atoms with Gasteiger partial charge in [0.15, 0.2) is 0 Å². The molecule has 9 heteroatoms. The molecule has 0 saturated heterocycles. The first kappa shape index (κ1) is 14.4. The Kier molecular flexibility index (Phi) is 4.21. The first-order chi connectivity index (χ1) is 5.90. The van der Waals surface area contributed by atoms with E-state index in [2.05, 4.69) is 20.5 Å². The number of hydrogen-bond donors (Lipinski definition) is 2. The summed E-state index contributed by atoms with van der Waals surface area (Å²) in [5.74, 6) is 0. The molecule has 0 heterocycles. The Morgan fingerprint density at radius 2 is 1.79 bits per heavy atom. The van der Waals surface area contributed by atoms with Gasteiger partial charge >= 0.3 is 7.82 Å². The summed E-state index contributed by atoms with van der Waals surface area (Å²) in [6.45, 7) is 1.53. The van der Waals surface area contributed by atoms with E-state index in [1.165, 1.54) is 0 Å². The van der Waals surface area contributed by atoms with Crippen molar-refractivity contribution in [1.82, 2.24) is 0 Å². The maximum atomic E-state index is 13.3. The van der Waals surface area contributed by atoms with Crippen molar-refractivity contribution in [3.63, 3.8) is 0 Å². The van der Waals surface area contributed by atoms with E-state index in [0.717, 1.165) is 13.8 Å². The van der Waals surface area contributed by atoms with Crippen molar-refractivity contribution in [3.05, 3.63) is 0 Å². The number of hydrogen-bond acceptors (Lipinski definition) is 2. The summed E-state index contributed by atoms with van der Waals surface area (Å²) in [7, 11) is -5.18. The van der Waals surface area contributed by atoms with E-state index in [4.69, 9.17) is 9.79 Å². The molecule has 2 N–H and O–H groups in total. The third kappa shape index (κ3) is 3.51. The van der Waals surface area contributed by atoms with Crippen LogP contribution in [-0.2, 0) is 9.09 Å². The Morgan fingerprint density at radius 1 is 1.43 bits per heavy atom. The SMILES string of the molecule is CC(C)(C(F)F)C(F)(Br)OP(=O)(O)O. The van der Waals surface area contributed by atoms with E-state index < -0.39 is 24.4 Å². The summed E-state index contributed by atoms with van der Waals surface area (Å²) < 4.78 is 48.5. The summed E-state index contributed by atoms with van der Waals surface area (Å²) in [5.41, 5.74) is -2.39. The van der Waals surface area contributed by atoms with E-state index in [0.29, 0.717) is 0 Å². The number of phosphoric ester groups is 1. The van der Waals surface area contributed by atoms with Gasteiger partial charge in [-0.2, -0.15) is 4.39 Å². The van der Waals surface area contributed by atoms with Crippen LogP contribution in [-0.4, -0.2) is 21.0 Å². The number of alkyl halides is 4. The molecular weight excluding hydrogens is 292 g/mol. The molecule has 0 aromatic carbocycles. The predicted octanol–water partition coefficient (Wildman–Crippen LogP) is 2.41. The first-order valence-electron chi connectivity index (χ1n) is 3.32.